The summed E-state index contributed by atoms with van der Waals surface area (Å²) in [6, 6.07) is 9.36. The predicted octanol–water partition coefficient (Wildman–Crippen LogP) is 1.88. The highest BCUT2D eigenvalue weighted by Crippen LogP contribution is 2.36. The summed E-state index contributed by atoms with van der Waals surface area (Å²) >= 11 is 1.76. The lowest BCUT2D eigenvalue weighted by Gasteiger charge is -2.21. The third kappa shape index (κ3) is 1.63. The number of hydrogen-bond donors (Lipinski definition) is 1. The molecule has 1 N–H and O–H groups in total. The monoisotopic (exact) mass is 205 g/mol. The zero-order valence-corrected chi connectivity index (χ0v) is 8.55. The quantitative estimate of drug-likeness (QED) is 0.761. The van der Waals surface area contributed by atoms with Crippen LogP contribution in [0.3, 0.4) is 0 Å². The summed E-state index contributed by atoms with van der Waals surface area (Å²) in [6.45, 7) is 0. The Bertz CT molecular complexity index is 377. The average molecular weight is 205 g/mol. The van der Waals surface area contributed by atoms with Crippen molar-refractivity contribution < 1.29 is 5.11 Å². The summed E-state index contributed by atoms with van der Waals surface area (Å²) in [5, 5.41) is 19.0. The minimum atomic E-state index is -0.711. The molecule has 0 amide bonds. The van der Waals surface area contributed by atoms with Crippen molar-refractivity contribution in [3.63, 3.8) is 0 Å². The molecule has 1 unspecified atom stereocenters. The Morgan fingerprint density at radius 3 is 3.00 bits per heavy atom. The van der Waals surface area contributed by atoms with Crippen LogP contribution in [0.5, 0.6) is 0 Å². The number of hydrogen-bond acceptors (Lipinski definition) is 3. The van der Waals surface area contributed by atoms with Crippen molar-refractivity contribution in [2.24, 2.45) is 0 Å². The molecule has 1 aliphatic rings. The van der Waals surface area contributed by atoms with Gasteiger partial charge in [-0.25, -0.2) is 0 Å². The van der Waals surface area contributed by atoms with Gasteiger partial charge in [0.2, 0.25) is 0 Å². The first-order chi connectivity index (χ1) is 6.74. The van der Waals surface area contributed by atoms with Crippen molar-refractivity contribution in [1.82, 2.24) is 0 Å². The fraction of sp³-hybridized carbons (Fsp3) is 0.364. The lowest BCUT2D eigenvalue weighted by molar-refractivity contribution is 0.0657. The van der Waals surface area contributed by atoms with Gasteiger partial charge in [0.1, 0.15) is 0 Å². The van der Waals surface area contributed by atoms with Crippen LogP contribution in [0.2, 0.25) is 0 Å². The highest BCUT2D eigenvalue weighted by atomic mass is 32.2. The van der Waals surface area contributed by atoms with E-state index in [1.54, 1.807) is 23.9 Å². The molecule has 2 nitrogen and oxygen atoms in total. The Kier molecular flexibility index (Phi) is 2.49. The molecular formula is C11H11NOS. The molecule has 0 radical (unpaired) electrons. The van der Waals surface area contributed by atoms with Crippen molar-refractivity contribution in [1.29, 1.82) is 5.26 Å². The van der Waals surface area contributed by atoms with Crippen LogP contribution in [0.4, 0.5) is 0 Å². The Labute approximate surface area is 87.6 Å². The summed E-state index contributed by atoms with van der Waals surface area (Å²) in [5.74, 6) is 1.73. The van der Waals surface area contributed by atoms with E-state index >= 15 is 0 Å². The lowest BCUT2D eigenvalue weighted by Crippen LogP contribution is -2.24. The van der Waals surface area contributed by atoms with Gasteiger partial charge in [-0.2, -0.15) is 17.0 Å². The fourth-order valence-electron chi connectivity index (χ4n) is 1.66. The Balaban J connectivity index is 2.36. The third-order valence-corrected chi connectivity index (χ3v) is 3.70. The summed E-state index contributed by atoms with van der Waals surface area (Å²) in [5.41, 5.74) is 0.784. The molecule has 3 heteroatoms. The molecule has 2 rings (SSSR count). The standard InChI is InChI=1S/C11H11NOS/c12-7-9-2-1-3-10(6-9)11(13)4-5-14-8-11/h1-3,6,13H,4-5,8H2. The van der Waals surface area contributed by atoms with Crippen LogP contribution in [0, 0.1) is 11.3 Å². The van der Waals surface area contributed by atoms with Gasteiger partial charge in [-0.3, -0.25) is 0 Å². The second-order valence-electron chi connectivity index (χ2n) is 3.53. The first kappa shape index (κ1) is 9.57. The van der Waals surface area contributed by atoms with E-state index < -0.39 is 5.60 Å². The molecule has 0 aromatic heterocycles. The van der Waals surface area contributed by atoms with E-state index in [1.807, 2.05) is 12.1 Å². The molecular weight excluding hydrogens is 194 g/mol. The normalized spacial score (nSPS) is 26.0. The van der Waals surface area contributed by atoms with Crippen molar-refractivity contribution in [2.75, 3.05) is 11.5 Å². The molecule has 14 heavy (non-hydrogen) atoms. The molecule has 1 saturated heterocycles. The van der Waals surface area contributed by atoms with Gasteiger partial charge in [-0.05, 0) is 29.9 Å². The molecule has 1 heterocycles. The molecule has 72 valence electrons. The van der Waals surface area contributed by atoms with Gasteiger partial charge in [-0.1, -0.05) is 12.1 Å². The third-order valence-electron chi connectivity index (χ3n) is 2.53. The molecule has 1 atom stereocenters. The number of rotatable bonds is 1. The van der Waals surface area contributed by atoms with Crippen molar-refractivity contribution in [2.45, 2.75) is 12.0 Å². The van der Waals surface area contributed by atoms with E-state index in [2.05, 4.69) is 6.07 Å². The van der Waals surface area contributed by atoms with Gasteiger partial charge in [-0.15, -0.1) is 0 Å². The van der Waals surface area contributed by atoms with E-state index in [-0.39, 0.29) is 0 Å². The molecule has 0 spiro atoms. The first-order valence-electron chi connectivity index (χ1n) is 4.55. The summed E-state index contributed by atoms with van der Waals surface area (Å²) in [4.78, 5) is 0. The largest absolute Gasteiger partial charge is 0.384 e. The minimum Gasteiger partial charge on any atom is -0.384 e. The van der Waals surface area contributed by atoms with Gasteiger partial charge in [0.05, 0.1) is 17.2 Å². The van der Waals surface area contributed by atoms with Crippen LogP contribution in [0.15, 0.2) is 24.3 Å². The van der Waals surface area contributed by atoms with Crippen LogP contribution >= 0.6 is 11.8 Å². The topological polar surface area (TPSA) is 44.0 Å². The predicted molar refractivity (Wildman–Crippen MR) is 57.0 cm³/mol. The van der Waals surface area contributed by atoms with E-state index in [9.17, 15) is 5.11 Å². The van der Waals surface area contributed by atoms with E-state index in [0.29, 0.717) is 5.56 Å². The summed E-state index contributed by atoms with van der Waals surface area (Å²) in [7, 11) is 0. The second kappa shape index (κ2) is 3.64. The van der Waals surface area contributed by atoms with Gasteiger partial charge in [0, 0.05) is 5.75 Å². The molecule has 1 aromatic rings. The number of nitrogens with zero attached hydrogens (tertiary/aromatic N) is 1. The lowest BCUT2D eigenvalue weighted by atomic mass is 9.92. The zero-order chi connectivity index (χ0) is 10.0. The molecule has 0 aliphatic carbocycles. The van der Waals surface area contributed by atoms with Crippen LogP contribution in [-0.2, 0) is 5.60 Å². The highest BCUT2D eigenvalue weighted by molar-refractivity contribution is 7.99. The van der Waals surface area contributed by atoms with Gasteiger partial charge in [0.25, 0.3) is 0 Å². The molecule has 0 bridgehead atoms. The molecule has 0 saturated carbocycles. The van der Waals surface area contributed by atoms with Crippen LogP contribution in [0.1, 0.15) is 17.5 Å². The number of benzene rings is 1. The average Bonchev–Trinajstić information content (AvgIpc) is 2.67. The Hall–Kier alpha value is -0.980. The van der Waals surface area contributed by atoms with Gasteiger partial charge >= 0.3 is 0 Å². The molecule has 1 fully saturated rings. The Morgan fingerprint density at radius 2 is 2.36 bits per heavy atom. The highest BCUT2D eigenvalue weighted by Gasteiger charge is 2.33. The summed E-state index contributed by atoms with van der Waals surface area (Å²) in [6.07, 6.45) is 0.784. The maximum absolute atomic E-state index is 10.3. The molecule has 1 aliphatic heterocycles. The number of nitriles is 1. The van der Waals surface area contributed by atoms with E-state index in [4.69, 9.17) is 5.26 Å². The van der Waals surface area contributed by atoms with Crippen LogP contribution in [-0.4, -0.2) is 16.6 Å². The van der Waals surface area contributed by atoms with Crippen molar-refractivity contribution >= 4 is 11.8 Å². The SMILES string of the molecule is N#Cc1cccc(C2(O)CCSC2)c1. The number of aliphatic hydroxyl groups is 1. The Morgan fingerprint density at radius 1 is 1.50 bits per heavy atom. The number of thioether (sulfide) groups is 1. The van der Waals surface area contributed by atoms with Gasteiger partial charge in [0.15, 0.2) is 0 Å². The van der Waals surface area contributed by atoms with Crippen molar-refractivity contribution in [3.8, 4) is 6.07 Å². The first-order valence-corrected chi connectivity index (χ1v) is 5.71. The maximum Gasteiger partial charge on any atom is 0.0994 e. The van der Waals surface area contributed by atoms with E-state index in [1.165, 1.54) is 0 Å². The minimum absolute atomic E-state index is 0.618. The smallest absolute Gasteiger partial charge is 0.0994 e. The van der Waals surface area contributed by atoms with Crippen LogP contribution in [0.25, 0.3) is 0 Å². The maximum atomic E-state index is 10.3. The van der Waals surface area contributed by atoms with Crippen molar-refractivity contribution in [3.05, 3.63) is 35.4 Å². The second-order valence-corrected chi connectivity index (χ2v) is 4.63. The zero-order valence-electron chi connectivity index (χ0n) is 7.73. The molecule has 1 aromatic carbocycles. The van der Waals surface area contributed by atoms with E-state index in [0.717, 1.165) is 23.5 Å². The van der Waals surface area contributed by atoms with Crippen LogP contribution < -0.4 is 0 Å². The summed E-state index contributed by atoms with van der Waals surface area (Å²) < 4.78 is 0. The van der Waals surface area contributed by atoms with Gasteiger partial charge < -0.3 is 5.11 Å². The fourth-order valence-corrected chi connectivity index (χ4v) is 2.94.